The lowest BCUT2D eigenvalue weighted by Crippen LogP contribution is -2.36. The Hall–Kier alpha value is -3.12. The van der Waals surface area contributed by atoms with Crippen LogP contribution in [0.15, 0.2) is 53.3 Å². The van der Waals surface area contributed by atoms with Crippen molar-refractivity contribution < 1.29 is 9.53 Å². The van der Waals surface area contributed by atoms with Crippen LogP contribution < -0.4 is 16.0 Å². The molecule has 0 aliphatic heterocycles. The van der Waals surface area contributed by atoms with Gasteiger partial charge in [0, 0.05) is 22.9 Å². The zero-order chi connectivity index (χ0) is 18.8. The Labute approximate surface area is 151 Å². The van der Waals surface area contributed by atoms with Gasteiger partial charge < -0.3 is 15.4 Å². The number of hydrogen-bond acceptors (Lipinski definition) is 4. The largest absolute Gasteiger partial charge is 0.497 e. The van der Waals surface area contributed by atoms with Gasteiger partial charge in [-0.15, -0.1) is 0 Å². The van der Waals surface area contributed by atoms with Gasteiger partial charge in [-0.25, -0.2) is 9.36 Å². The van der Waals surface area contributed by atoms with Crippen molar-refractivity contribution in [3.8, 4) is 16.9 Å². The molecule has 2 N–H and O–H groups in total. The van der Waals surface area contributed by atoms with Gasteiger partial charge >= 0.3 is 6.03 Å². The topological polar surface area (TPSA) is 77.6 Å². The van der Waals surface area contributed by atoms with E-state index in [0.717, 1.165) is 21.1 Å². The van der Waals surface area contributed by atoms with Crippen LogP contribution in [-0.4, -0.2) is 36.7 Å². The smallest absolute Gasteiger partial charge is 0.326 e. The van der Waals surface area contributed by atoms with Gasteiger partial charge in [0.05, 0.1) is 12.8 Å². The fourth-order valence-electron chi connectivity index (χ4n) is 3.16. The first-order valence-electron chi connectivity index (χ1n) is 8.19. The number of hydrogen-bond donors (Lipinski definition) is 1. The third-order valence-corrected chi connectivity index (χ3v) is 4.24. The summed E-state index contributed by atoms with van der Waals surface area (Å²) in [5.74, 6) is 0.640. The molecular formula is C20H21N3O3. The van der Waals surface area contributed by atoms with E-state index in [9.17, 15) is 9.59 Å². The number of nitrogens with two attached hydrogens (primary N) is 1. The second-order valence-electron chi connectivity index (χ2n) is 6.32. The molecule has 2 aromatic carbocycles. The maximum Gasteiger partial charge on any atom is 0.326 e. The van der Waals surface area contributed by atoms with Crippen molar-refractivity contribution in [1.82, 2.24) is 9.47 Å². The molecule has 6 nitrogen and oxygen atoms in total. The molecule has 6 heteroatoms. The highest BCUT2D eigenvalue weighted by atomic mass is 16.5. The quantitative estimate of drug-likeness (QED) is 0.784. The second-order valence-corrected chi connectivity index (χ2v) is 6.32. The zero-order valence-electron chi connectivity index (χ0n) is 15.0. The number of primary amides is 1. The van der Waals surface area contributed by atoms with E-state index in [1.807, 2.05) is 55.4 Å². The summed E-state index contributed by atoms with van der Waals surface area (Å²) in [5.41, 5.74) is 7.40. The molecule has 3 aromatic rings. The van der Waals surface area contributed by atoms with Crippen molar-refractivity contribution in [1.29, 1.82) is 0 Å². The van der Waals surface area contributed by atoms with E-state index >= 15 is 0 Å². The number of carbonyl (C=O) groups excluding carboxylic acids is 1. The monoisotopic (exact) mass is 351 g/mol. The predicted molar refractivity (Wildman–Crippen MR) is 103 cm³/mol. The minimum Gasteiger partial charge on any atom is -0.497 e. The van der Waals surface area contributed by atoms with Gasteiger partial charge in [0.25, 0.3) is 5.56 Å². The summed E-state index contributed by atoms with van der Waals surface area (Å²) in [5, 5.41) is 1.15. The van der Waals surface area contributed by atoms with E-state index in [0.29, 0.717) is 23.4 Å². The molecule has 0 aliphatic rings. The minimum atomic E-state index is -0.790. The Bertz CT molecular complexity index is 1020. The first kappa shape index (κ1) is 17.7. The molecule has 0 saturated carbocycles. The Balaban J connectivity index is 2.54. The highest BCUT2D eigenvalue weighted by Gasteiger charge is 2.21. The number of carbonyl (C=O) groups is 1. The van der Waals surface area contributed by atoms with Gasteiger partial charge in [-0.3, -0.25) is 4.79 Å². The van der Waals surface area contributed by atoms with Gasteiger partial charge in [-0.05, 0) is 37.9 Å². The number of amides is 1. The summed E-state index contributed by atoms with van der Waals surface area (Å²) < 4.78 is 6.41. The van der Waals surface area contributed by atoms with Crippen molar-refractivity contribution in [3.63, 3.8) is 0 Å². The molecule has 0 unspecified atom stereocenters. The van der Waals surface area contributed by atoms with Crippen LogP contribution in [0.2, 0.25) is 0 Å². The first-order valence-corrected chi connectivity index (χ1v) is 8.19. The number of ether oxygens (including phenoxy) is 1. The molecule has 1 amide bonds. The van der Waals surface area contributed by atoms with Crippen molar-refractivity contribution >= 4 is 16.8 Å². The Kier molecular flexibility index (Phi) is 4.77. The highest BCUT2D eigenvalue weighted by molar-refractivity contribution is 6.00. The first-order chi connectivity index (χ1) is 12.4. The van der Waals surface area contributed by atoms with E-state index in [2.05, 4.69) is 0 Å². The third kappa shape index (κ3) is 3.07. The normalized spacial score (nSPS) is 11.1. The summed E-state index contributed by atoms with van der Waals surface area (Å²) in [7, 11) is 5.33. The van der Waals surface area contributed by atoms with Crippen molar-refractivity contribution in [3.05, 3.63) is 64.6 Å². The maximum atomic E-state index is 13.0. The van der Waals surface area contributed by atoms with Crippen LogP contribution in [0.5, 0.6) is 5.75 Å². The SMILES string of the molecule is COc1ccc2c(=O)n(C(N)=O)c(CN(C)C)c(-c3ccccc3)c2c1. The highest BCUT2D eigenvalue weighted by Crippen LogP contribution is 2.33. The molecule has 0 radical (unpaired) electrons. The Morgan fingerprint density at radius 1 is 1.12 bits per heavy atom. The van der Waals surface area contributed by atoms with Crippen molar-refractivity contribution in [2.45, 2.75) is 6.54 Å². The molecule has 0 atom stereocenters. The predicted octanol–water partition coefficient (Wildman–Crippen LogP) is 2.67. The van der Waals surface area contributed by atoms with Crippen LogP contribution in [-0.2, 0) is 6.54 Å². The van der Waals surface area contributed by atoms with E-state index in [1.165, 1.54) is 0 Å². The molecule has 134 valence electrons. The number of fused-ring (bicyclic) bond motifs is 1. The summed E-state index contributed by atoms with van der Waals surface area (Å²) in [6.07, 6.45) is 0. The lowest BCUT2D eigenvalue weighted by molar-refractivity contribution is 0.248. The number of methoxy groups -OCH3 is 1. The Morgan fingerprint density at radius 3 is 2.38 bits per heavy atom. The summed E-state index contributed by atoms with van der Waals surface area (Å²) in [6.45, 7) is 0.384. The van der Waals surface area contributed by atoms with Gasteiger partial charge in [-0.1, -0.05) is 30.3 Å². The van der Waals surface area contributed by atoms with Gasteiger partial charge in [0.2, 0.25) is 0 Å². The molecule has 1 aromatic heterocycles. The fourth-order valence-corrected chi connectivity index (χ4v) is 3.16. The molecule has 0 aliphatic carbocycles. The minimum absolute atomic E-state index is 0.384. The van der Waals surface area contributed by atoms with Crippen LogP contribution in [0, 0.1) is 0 Å². The number of aromatic nitrogens is 1. The summed E-state index contributed by atoms with van der Waals surface area (Å²) in [6, 6.07) is 14.1. The van der Waals surface area contributed by atoms with Crippen LogP contribution in [0.4, 0.5) is 4.79 Å². The molecule has 3 rings (SSSR count). The van der Waals surface area contributed by atoms with E-state index in [-0.39, 0.29) is 0 Å². The van der Waals surface area contributed by atoms with Crippen LogP contribution in [0.25, 0.3) is 21.9 Å². The average molecular weight is 351 g/mol. The number of nitrogens with zero attached hydrogens (tertiary/aromatic N) is 2. The number of rotatable bonds is 4. The molecule has 1 heterocycles. The summed E-state index contributed by atoms with van der Waals surface area (Å²) >= 11 is 0. The maximum absolute atomic E-state index is 13.0. The Morgan fingerprint density at radius 2 is 1.81 bits per heavy atom. The van der Waals surface area contributed by atoms with E-state index < -0.39 is 11.6 Å². The number of benzene rings is 2. The van der Waals surface area contributed by atoms with E-state index in [1.54, 1.807) is 19.2 Å². The van der Waals surface area contributed by atoms with Crippen molar-refractivity contribution in [2.75, 3.05) is 21.2 Å². The van der Waals surface area contributed by atoms with E-state index in [4.69, 9.17) is 10.5 Å². The third-order valence-electron chi connectivity index (χ3n) is 4.24. The molecule has 0 spiro atoms. The van der Waals surface area contributed by atoms with Gasteiger partial charge in [0.15, 0.2) is 0 Å². The van der Waals surface area contributed by atoms with Crippen LogP contribution >= 0.6 is 0 Å². The lowest BCUT2D eigenvalue weighted by atomic mass is 9.96. The van der Waals surface area contributed by atoms with Gasteiger partial charge in [0.1, 0.15) is 5.75 Å². The molecular weight excluding hydrogens is 330 g/mol. The van der Waals surface area contributed by atoms with Gasteiger partial charge in [-0.2, -0.15) is 0 Å². The average Bonchev–Trinajstić information content (AvgIpc) is 2.61. The second kappa shape index (κ2) is 7.01. The lowest BCUT2D eigenvalue weighted by Gasteiger charge is -2.21. The molecule has 0 bridgehead atoms. The number of pyridine rings is 1. The van der Waals surface area contributed by atoms with Crippen LogP contribution in [0.3, 0.4) is 0 Å². The molecule has 0 saturated heterocycles. The standard InChI is InChI=1S/C20H21N3O3/c1-22(2)12-17-18(13-7-5-4-6-8-13)16-11-14(26-3)9-10-15(16)19(24)23(17)20(21)25/h4-11H,12H2,1-3H3,(H2,21,25). The molecule has 0 fully saturated rings. The fraction of sp³-hybridized carbons (Fsp3) is 0.200. The van der Waals surface area contributed by atoms with Crippen molar-refractivity contribution in [2.24, 2.45) is 5.73 Å². The van der Waals surface area contributed by atoms with Crippen LogP contribution in [0.1, 0.15) is 5.69 Å². The molecule has 26 heavy (non-hydrogen) atoms. The summed E-state index contributed by atoms with van der Waals surface area (Å²) in [4.78, 5) is 27.0. The zero-order valence-corrected chi connectivity index (χ0v) is 15.0.